The van der Waals surface area contributed by atoms with Crippen LogP contribution in [0, 0.1) is 11.8 Å². The van der Waals surface area contributed by atoms with Crippen molar-refractivity contribution in [3.05, 3.63) is 49.1 Å². The predicted molar refractivity (Wildman–Crippen MR) is 113 cm³/mol. The third kappa shape index (κ3) is 4.02. The van der Waals surface area contributed by atoms with Crippen LogP contribution in [0.5, 0.6) is 0 Å². The lowest BCUT2D eigenvalue weighted by Gasteiger charge is -2.37. The number of pyridine rings is 1. The molecule has 1 aliphatic carbocycles. The molecule has 1 aliphatic heterocycles. The van der Waals surface area contributed by atoms with Crippen LogP contribution < -0.4 is 0 Å². The number of hydrogen-bond donors (Lipinski definition) is 0. The molecule has 8 heteroatoms. The zero-order valence-corrected chi connectivity index (χ0v) is 17.4. The Morgan fingerprint density at radius 3 is 2.70 bits per heavy atom. The summed E-state index contributed by atoms with van der Waals surface area (Å²) in [5, 5.41) is 13.1. The van der Waals surface area contributed by atoms with Gasteiger partial charge in [-0.05, 0) is 55.8 Å². The summed E-state index contributed by atoms with van der Waals surface area (Å²) >= 11 is 0. The second-order valence-corrected chi connectivity index (χ2v) is 8.51. The van der Waals surface area contributed by atoms with Gasteiger partial charge in [-0.25, -0.2) is 4.68 Å². The van der Waals surface area contributed by atoms with Gasteiger partial charge in [0.05, 0.1) is 24.0 Å². The normalized spacial score (nSPS) is 26.7. The zero-order chi connectivity index (χ0) is 20.3. The number of rotatable bonds is 7. The lowest BCUT2D eigenvalue weighted by atomic mass is 9.77. The van der Waals surface area contributed by atoms with E-state index in [0.717, 1.165) is 43.7 Å². The van der Waals surface area contributed by atoms with E-state index in [-0.39, 0.29) is 12.1 Å². The number of nitrogens with zero attached hydrogens (tertiary/aromatic N) is 7. The molecule has 1 saturated heterocycles. The Hall–Kier alpha value is -2.58. The van der Waals surface area contributed by atoms with E-state index in [1.807, 2.05) is 59.3 Å². The van der Waals surface area contributed by atoms with Crippen LogP contribution in [-0.2, 0) is 11.3 Å². The summed E-state index contributed by atoms with van der Waals surface area (Å²) in [5.41, 5.74) is 1.68. The molecular formula is C22H29N7O. The van der Waals surface area contributed by atoms with Crippen LogP contribution in [-0.4, -0.2) is 67.5 Å². The maximum Gasteiger partial charge on any atom is 0.131 e. The van der Waals surface area contributed by atoms with Crippen molar-refractivity contribution in [2.24, 2.45) is 11.8 Å². The van der Waals surface area contributed by atoms with Gasteiger partial charge >= 0.3 is 0 Å². The van der Waals surface area contributed by atoms with Gasteiger partial charge in [-0.3, -0.25) is 9.67 Å². The SMILES string of the molecule is CO[C@@H]1C[C@H]2CN(CCCn3cccn3)C[C@H]2C[C@H]1n1cc(-c2ccccn2)nn1. The van der Waals surface area contributed by atoms with Crippen molar-refractivity contribution in [1.29, 1.82) is 0 Å². The molecule has 3 aromatic rings. The van der Waals surface area contributed by atoms with Gasteiger partial charge in [-0.15, -0.1) is 5.10 Å². The van der Waals surface area contributed by atoms with Crippen LogP contribution >= 0.6 is 0 Å². The lowest BCUT2D eigenvalue weighted by Crippen LogP contribution is -2.37. The Morgan fingerprint density at radius 2 is 1.93 bits per heavy atom. The molecule has 0 unspecified atom stereocenters. The molecule has 0 spiro atoms. The molecule has 4 atom stereocenters. The summed E-state index contributed by atoms with van der Waals surface area (Å²) < 4.78 is 9.94. The minimum atomic E-state index is 0.175. The molecule has 5 rings (SSSR count). The van der Waals surface area contributed by atoms with Crippen LogP contribution in [0.25, 0.3) is 11.4 Å². The fourth-order valence-corrected chi connectivity index (χ4v) is 5.16. The summed E-state index contributed by atoms with van der Waals surface area (Å²) in [5.74, 6) is 1.39. The lowest BCUT2D eigenvalue weighted by molar-refractivity contribution is -0.00545. The van der Waals surface area contributed by atoms with Crippen LogP contribution in [0.4, 0.5) is 0 Å². The Kier molecular flexibility index (Phi) is 5.59. The highest BCUT2D eigenvalue weighted by molar-refractivity contribution is 5.51. The van der Waals surface area contributed by atoms with E-state index >= 15 is 0 Å². The summed E-state index contributed by atoms with van der Waals surface area (Å²) in [4.78, 5) is 7.02. The minimum absolute atomic E-state index is 0.175. The quantitative estimate of drug-likeness (QED) is 0.599. The highest BCUT2D eigenvalue weighted by Crippen LogP contribution is 2.42. The third-order valence-corrected chi connectivity index (χ3v) is 6.66. The van der Waals surface area contributed by atoms with Crippen molar-refractivity contribution in [3.8, 4) is 11.4 Å². The first-order valence-corrected chi connectivity index (χ1v) is 10.9. The first kappa shape index (κ1) is 19.4. The van der Waals surface area contributed by atoms with E-state index in [1.165, 1.54) is 13.1 Å². The number of likely N-dealkylation sites (tertiary alicyclic amines) is 1. The molecular weight excluding hydrogens is 378 g/mol. The number of aromatic nitrogens is 6. The van der Waals surface area contributed by atoms with E-state index in [9.17, 15) is 0 Å². The van der Waals surface area contributed by atoms with E-state index < -0.39 is 0 Å². The first-order chi connectivity index (χ1) is 14.8. The number of methoxy groups -OCH3 is 1. The van der Waals surface area contributed by atoms with Crippen molar-refractivity contribution in [2.45, 2.75) is 38.0 Å². The molecule has 0 radical (unpaired) electrons. The monoisotopic (exact) mass is 407 g/mol. The van der Waals surface area contributed by atoms with Crippen molar-refractivity contribution in [3.63, 3.8) is 0 Å². The van der Waals surface area contributed by atoms with Gasteiger partial charge in [0.25, 0.3) is 0 Å². The van der Waals surface area contributed by atoms with Crippen LogP contribution in [0.15, 0.2) is 49.1 Å². The molecule has 0 N–H and O–H groups in total. The minimum Gasteiger partial charge on any atom is -0.379 e. The first-order valence-electron chi connectivity index (χ1n) is 10.9. The average molecular weight is 408 g/mol. The number of ether oxygens (including phenoxy) is 1. The molecule has 4 heterocycles. The van der Waals surface area contributed by atoms with Crippen LogP contribution in [0.1, 0.15) is 25.3 Å². The van der Waals surface area contributed by atoms with Gasteiger partial charge in [0.1, 0.15) is 5.69 Å². The molecule has 30 heavy (non-hydrogen) atoms. The van der Waals surface area contributed by atoms with E-state index in [2.05, 4.69) is 25.3 Å². The fourth-order valence-electron chi connectivity index (χ4n) is 5.16. The van der Waals surface area contributed by atoms with Crippen LogP contribution in [0.3, 0.4) is 0 Å². The zero-order valence-electron chi connectivity index (χ0n) is 17.4. The Bertz CT molecular complexity index is 926. The van der Waals surface area contributed by atoms with E-state index in [1.54, 1.807) is 6.20 Å². The van der Waals surface area contributed by atoms with Crippen molar-refractivity contribution >= 4 is 0 Å². The smallest absolute Gasteiger partial charge is 0.131 e. The molecule has 158 valence electrons. The second kappa shape index (κ2) is 8.65. The van der Waals surface area contributed by atoms with Gasteiger partial charge in [-0.2, -0.15) is 5.10 Å². The number of aryl methyl sites for hydroxylation is 1. The molecule has 0 amide bonds. The molecule has 2 aliphatic rings. The van der Waals surface area contributed by atoms with Gasteiger partial charge in [-0.1, -0.05) is 11.3 Å². The number of fused-ring (bicyclic) bond motifs is 1. The highest BCUT2D eigenvalue weighted by atomic mass is 16.5. The van der Waals surface area contributed by atoms with E-state index in [0.29, 0.717) is 11.8 Å². The average Bonchev–Trinajstić information content (AvgIpc) is 3.53. The predicted octanol–water partition coefficient (Wildman–Crippen LogP) is 2.52. The molecule has 1 saturated carbocycles. The van der Waals surface area contributed by atoms with Gasteiger partial charge in [0.2, 0.25) is 0 Å². The Balaban J connectivity index is 1.22. The second-order valence-electron chi connectivity index (χ2n) is 8.51. The standard InChI is InChI=1S/C22H29N7O/c1-30-22-13-18-15-27(9-5-11-28-10-4-8-24-28)14-17(18)12-21(22)29-16-20(25-26-29)19-6-2-3-7-23-19/h2-4,6-8,10,16-18,21-22H,5,9,11-15H2,1H3/t17-,18+,21-,22-/m1/s1. The summed E-state index contributed by atoms with van der Waals surface area (Å²) in [6.07, 6.45) is 11.2. The molecule has 2 fully saturated rings. The maximum absolute atomic E-state index is 5.91. The molecule has 0 aromatic carbocycles. The maximum atomic E-state index is 5.91. The molecule has 8 nitrogen and oxygen atoms in total. The van der Waals surface area contributed by atoms with Gasteiger partial charge in [0, 0.05) is 45.3 Å². The fraction of sp³-hybridized carbons (Fsp3) is 0.545. The Labute approximate surface area is 176 Å². The number of hydrogen-bond acceptors (Lipinski definition) is 6. The van der Waals surface area contributed by atoms with Crippen LogP contribution in [0.2, 0.25) is 0 Å². The van der Waals surface area contributed by atoms with Gasteiger partial charge in [0.15, 0.2) is 0 Å². The van der Waals surface area contributed by atoms with Crippen molar-refractivity contribution in [2.75, 3.05) is 26.7 Å². The summed E-state index contributed by atoms with van der Waals surface area (Å²) in [7, 11) is 1.82. The topological polar surface area (TPSA) is 73.9 Å². The molecule has 3 aromatic heterocycles. The van der Waals surface area contributed by atoms with Crippen molar-refractivity contribution in [1.82, 2.24) is 34.7 Å². The summed E-state index contributed by atoms with van der Waals surface area (Å²) in [6, 6.07) is 8.07. The van der Waals surface area contributed by atoms with Gasteiger partial charge < -0.3 is 9.64 Å². The van der Waals surface area contributed by atoms with E-state index in [4.69, 9.17) is 4.74 Å². The Morgan fingerprint density at radius 1 is 1.03 bits per heavy atom. The summed E-state index contributed by atoms with van der Waals surface area (Å²) in [6.45, 7) is 4.45. The van der Waals surface area contributed by atoms with Crippen molar-refractivity contribution < 1.29 is 4.74 Å². The highest BCUT2D eigenvalue weighted by Gasteiger charge is 2.43. The largest absolute Gasteiger partial charge is 0.379 e. The third-order valence-electron chi connectivity index (χ3n) is 6.66. The molecule has 0 bridgehead atoms.